The van der Waals surface area contributed by atoms with Gasteiger partial charge in [0.15, 0.2) is 11.5 Å². The second-order valence-corrected chi connectivity index (χ2v) is 6.36. The number of carbonyl (C=O) groups excluding carboxylic acids is 1. The van der Waals surface area contributed by atoms with Crippen molar-refractivity contribution in [2.45, 2.75) is 13.0 Å². The predicted octanol–water partition coefficient (Wildman–Crippen LogP) is 3.92. The third-order valence-corrected chi connectivity index (χ3v) is 4.54. The third kappa shape index (κ3) is 4.26. The molecule has 28 heavy (non-hydrogen) atoms. The van der Waals surface area contributed by atoms with E-state index in [1.54, 1.807) is 43.3 Å². The Hall–Kier alpha value is -3.06. The minimum Gasteiger partial charge on any atom is -0.493 e. The lowest BCUT2D eigenvalue weighted by molar-refractivity contribution is -0.115. The van der Waals surface area contributed by atoms with E-state index in [0.29, 0.717) is 23.9 Å². The van der Waals surface area contributed by atoms with Crippen molar-refractivity contribution in [1.29, 1.82) is 0 Å². The Morgan fingerprint density at radius 3 is 2.68 bits per heavy atom. The topological polar surface area (TPSA) is 65.4 Å². The highest BCUT2D eigenvalue weighted by Crippen LogP contribution is 2.31. The molecule has 2 aromatic carbocycles. The minimum atomic E-state index is -0.516. The number of amides is 1. The molecule has 6 nitrogen and oxygen atoms in total. The van der Waals surface area contributed by atoms with Crippen molar-refractivity contribution < 1.29 is 18.7 Å². The van der Waals surface area contributed by atoms with Crippen molar-refractivity contribution in [1.82, 2.24) is 9.78 Å². The van der Waals surface area contributed by atoms with E-state index in [9.17, 15) is 9.18 Å². The first-order valence-corrected chi connectivity index (χ1v) is 8.85. The summed E-state index contributed by atoms with van der Waals surface area (Å²) in [5.74, 6) is 0.758. The molecule has 0 saturated carbocycles. The van der Waals surface area contributed by atoms with Gasteiger partial charge >= 0.3 is 0 Å². The number of nitrogens with one attached hydrogen (secondary N) is 1. The zero-order valence-corrected chi connectivity index (χ0v) is 16.2. The molecule has 1 aromatic heterocycles. The van der Waals surface area contributed by atoms with Gasteiger partial charge in [0.25, 0.3) is 0 Å². The Balaban J connectivity index is 1.77. The average Bonchev–Trinajstić information content (AvgIpc) is 3.11. The van der Waals surface area contributed by atoms with Crippen molar-refractivity contribution >= 4 is 23.3 Å². The van der Waals surface area contributed by atoms with Gasteiger partial charge in [0.1, 0.15) is 11.6 Å². The van der Waals surface area contributed by atoms with Crippen LogP contribution in [0.5, 0.6) is 11.5 Å². The maximum absolute atomic E-state index is 13.9. The largest absolute Gasteiger partial charge is 0.493 e. The molecule has 0 radical (unpaired) electrons. The molecule has 0 aliphatic carbocycles. The summed E-state index contributed by atoms with van der Waals surface area (Å²) in [5.41, 5.74) is 0.986. The molecule has 1 heterocycles. The van der Waals surface area contributed by atoms with Crippen molar-refractivity contribution in [3.63, 3.8) is 0 Å². The molecule has 3 rings (SSSR count). The van der Waals surface area contributed by atoms with Gasteiger partial charge in [-0.15, -0.1) is 0 Å². The van der Waals surface area contributed by atoms with Crippen LogP contribution in [0.3, 0.4) is 0 Å². The highest BCUT2D eigenvalue weighted by molar-refractivity contribution is 6.31. The molecule has 0 bridgehead atoms. The zero-order valence-electron chi connectivity index (χ0n) is 15.4. The van der Waals surface area contributed by atoms with Crippen molar-refractivity contribution in [3.8, 4) is 11.5 Å². The van der Waals surface area contributed by atoms with Crippen molar-refractivity contribution in [2.24, 2.45) is 0 Å². The highest BCUT2D eigenvalue weighted by atomic mass is 35.5. The van der Waals surface area contributed by atoms with Crippen LogP contribution in [-0.2, 0) is 17.8 Å². The van der Waals surface area contributed by atoms with Crippen molar-refractivity contribution in [2.75, 3.05) is 19.5 Å². The summed E-state index contributed by atoms with van der Waals surface area (Å²) in [7, 11) is 3.13. The molecule has 0 fully saturated rings. The van der Waals surface area contributed by atoms with E-state index < -0.39 is 11.7 Å². The Kier molecular flexibility index (Phi) is 6.16. The Morgan fingerprint density at radius 2 is 1.96 bits per heavy atom. The van der Waals surface area contributed by atoms with Gasteiger partial charge in [-0.3, -0.25) is 4.79 Å². The summed E-state index contributed by atoms with van der Waals surface area (Å²) in [6, 6.07) is 11.5. The lowest BCUT2D eigenvalue weighted by Gasteiger charge is -2.14. The van der Waals surface area contributed by atoms with E-state index >= 15 is 0 Å². The molecular weight excluding hydrogens is 385 g/mol. The number of carbonyl (C=O) groups is 1. The number of anilines is 1. The quantitative estimate of drug-likeness (QED) is 0.649. The SMILES string of the molecule is COc1cccc(Cn2nccc2NC(=O)Cc2c(F)cccc2Cl)c1OC. The summed E-state index contributed by atoms with van der Waals surface area (Å²) in [6.45, 7) is 0.351. The maximum Gasteiger partial charge on any atom is 0.230 e. The zero-order chi connectivity index (χ0) is 20.1. The van der Waals surface area contributed by atoms with Crippen LogP contribution in [0, 0.1) is 5.82 Å². The normalized spacial score (nSPS) is 10.6. The first-order valence-electron chi connectivity index (χ1n) is 8.48. The third-order valence-electron chi connectivity index (χ3n) is 4.19. The van der Waals surface area contributed by atoms with E-state index in [-0.39, 0.29) is 17.0 Å². The monoisotopic (exact) mass is 403 g/mol. The van der Waals surface area contributed by atoms with E-state index in [0.717, 1.165) is 5.56 Å². The summed E-state index contributed by atoms with van der Waals surface area (Å²) < 4.78 is 26.3. The smallest absolute Gasteiger partial charge is 0.230 e. The molecule has 1 amide bonds. The van der Waals surface area contributed by atoms with Gasteiger partial charge in [0, 0.05) is 22.2 Å². The number of hydrogen-bond acceptors (Lipinski definition) is 4. The summed E-state index contributed by atoms with van der Waals surface area (Å²) >= 11 is 5.99. The van der Waals surface area contributed by atoms with Crippen LogP contribution in [0.2, 0.25) is 5.02 Å². The number of para-hydroxylation sites is 1. The van der Waals surface area contributed by atoms with Gasteiger partial charge < -0.3 is 14.8 Å². The fraction of sp³-hybridized carbons (Fsp3) is 0.200. The molecule has 0 aliphatic heterocycles. The first-order chi connectivity index (χ1) is 13.5. The van der Waals surface area contributed by atoms with E-state index in [4.69, 9.17) is 21.1 Å². The molecule has 8 heteroatoms. The van der Waals surface area contributed by atoms with E-state index in [1.165, 1.54) is 12.1 Å². The highest BCUT2D eigenvalue weighted by Gasteiger charge is 2.15. The molecule has 0 spiro atoms. The fourth-order valence-electron chi connectivity index (χ4n) is 2.85. The van der Waals surface area contributed by atoms with Gasteiger partial charge in [-0.1, -0.05) is 29.8 Å². The number of methoxy groups -OCH3 is 2. The lowest BCUT2D eigenvalue weighted by Crippen LogP contribution is -2.19. The number of aromatic nitrogens is 2. The molecule has 3 aromatic rings. The maximum atomic E-state index is 13.9. The van der Waals surface area contributed by atoms with Crippen molar-refractivity contribution in [3.05, 3.63) is 70.6 Å². The number of nitrogens with zero attached hydrogens (tertiary/aromatic N) is 2. The Labute approximate surface area is 166 Å². The second kappa shape index (κ2) is 8.75. The van der Waals surface area contributed by atoms with Crippen LogP contribution < -0.4 is 14.8 Å². The first kappa shape index (κ1) is 19.7. The molecular formula is C20H19ClFN3O3. The average molecular weight is 404 g/mol. The van der Waals surface area contributed by atoms with E-state index in [1.807, 2.05) is 12.1 Å². The van der Waals surface area contributed by atoms with Gasteiger partial charge in [-0.25, -0.2) is 9.07 Å². The van der Waals surface area contributed by atoms with Gasteiger partial charge in [-0.2, -0.15) is 5.10 Å². The summed E-state index contributed by atoms with van der Waals surface area (Å²) in [4.78, 5) is 12.4. The van der Waals surface area contributed by atoms with Gasteiger partial charge in [0.2, 0.25) is 5.91 Å². The number of benzene rings is 2. The van der Waals surface area contributed by atoms with Gasteiger partial charge in [-0.05, 0) is 18.2 Å². The molecule has 146 valence electrons. The molecule has 0 atom stereocenters. The number of hydrogen-bond donors (Lipinski definition) is 1. The van der Waals surface area contributed by atoms with Crippen LogP contribution in [0.1, 0.15) is 11.1 Å². The number of ether oxygens (including phenoxy) is 2. The molecule has 0 saturated heterocycles. The Bertz CT molecular complexity index is 970. The van der Waals surface area contributed by atoms with Crippen LogP contribution in [0.25, 0.3) is 0 Å². The number of halogens is 2. The van der Waals surface area contributed by atoms with Crippen LogP contribution in [0.4, 0.5) is 10.2 Å². The van der Waals surface area contributed by atoms with Crippen LogP contribution in [0.15, 0.2) is 48.7 Å². The summed E-state index contributed by atoms with van der Waals surface area (Å²) in [6.07, 6.45) is 1.39. The molecule has 1 N–H and O–H groups in total. The molecule has 0 unspecified atom stereocenters. The lowest BCUT2D eigenvalue weighted by atomic mass is 10.1. The van der Waals surface area contributed by atoms with E-state index in [2.05, 4.69) is 10.4 Å². The van der Waals surface area contributed by atoms with Gasteiger partial charge in [0.05, 0.1) is 33.4 Å². The van der Waals surface area contributed by atoms with Crippen LogP contribution >= 0.6 is 11.6 Å². The second-order valence-electron chi connectivity index (χ2n) is 5.95. The Morgan fingerprint density at radius 1 is 1.18 bits per heavy atom. The molecule has 0 aliphatic rings. The standard InChI is InChI=1S/C20H19ClFN3O3/c1-27-17-8-3-5-13(20(17)28-2)12-25-18(9-10-23-25)24-19(26)11-14-15(21)6-4-7-16(14)22/h3-10H,11-12H2,1-2H3,(H,24,26). The van der Waals surface area contributed by atoms with Crippen LogP contribution in [-0.4, -0.2) is 29.9 Å². The predicted molar refractivity (Wildman–Crippen MR) is 105 cm³/mol. The minimum absolute atomic E-state index is 0.155. The fourth-order valence-corrected chi connectivity index (χ4v) is 3.08. The summed E-state index contributed by atoms with van der Waals surface area (Å²) in [5, 5.41) is 7.20. The number of rotatable bonds is 7.